The first kappa shape index (κ1) is 16.0. The Morgan fingerprint density at radius 2 is 2.04 bits per heavy atom. The molecule has 1 unspecified atom stereocenters. The molecule has 1 saturated heterocycles. The summed E-state index contributed by atoms with van der Waals surface area (Å²) in [5.41, 5.74) is 1.46. The Bertz CT molecular complexity index is 625. The van der Waals surface area contributed by atoms with E-state index in [4.69, 9.17) is 0 Å². The van der Waals surface area contributed by atoms with Gasteiger partial charge < -0.3 is 5.32 Å². The monoisotopic (exact) mass is 317 g/mol. The van der Waals surface area contributed by atoms with Crippen molar-refractivity contribution >= 4 is 0 Å². The predicted molar refractivity (Wildman–Crippen MR) is 86.1 cm³/mol. The Labute approximate surface area is 135 Å². The van der Waals surface area contributed by atoms with Crippen molar-refractivity contribution in [3.8, 4) is 0 Å². The molecular weight excluding hydrogens is 296 g/mol. The highest BCUT2D eigenvalue weighted by Gasteiger charge is 2.25. The molecule has 1 aromatic carbocycles. The molecule has 23 heavy (non-hydrogen) atoms. The Balaban J connectivity index is 1.91. The summed E-state index contributed by atoms with van der Waals surface area (Å²) in [5.74, 6) is -1.02. The Morgan fingerprint density at radius 1 is 1.13 bits per heavy atom. The molecule has 3 rings (SSSR count). The van der Waals surface area contributed by atoms with Gasteiger partial charge in [0.25, 0.3) is 0 Å². The van der Waals surface area contributed by atoms with Crippen LogP contribution in [0, 0.1) is 11.6 Å². The molecule has 0 radical (unpaired) electrons. The minimum Gasteiger partial charge on any atom is -0.315 e. The van der Waals surface area contributed by atoms with Gasteiger partial charge in [-0.15, -0.1) is 0 Å². The first-order valence-electron chi connectivity index (χ1n) is 8.03. The van der Waals surface area contributed by atoms with Crippen molar-refractivity contribution in [2.75, 3.05) is 26.2 Å². The lowest BCUT2D eigenvalue weighted by atomic mass is 9.98. The van der Waals surface area contributed by atoms with Crippen LogP contribution in [0.2, 0.25) is 0 Å². The SMILES string of the molecule is Fc1ccc(C(Cc2ccccn2)N2CCCNCC2)c(F)c1. The maximum absolute atomic E-state index is 14.4. The predicted octanol–water partition coefficient (Wildman–Crippen LogP) is 2.94. The van der Waals surface area contributed by atoms with Gasteiger partial charge >= 0.3 is 0 Å². The lowest BCUT2D eigenvalue weighted by Crippen LogP contribution is -2.34. The number of benzene rings is 1. The molecule has 1 aliphatic heterocycles. The first-order valence-corrected chi connectivity index (χ1v) is 8.03. The van der Waals surface area contributed by atoms with Gasteiger partial charge in [-0.25, -0.2) is 8.78 Å². The average molecular weight is 317 g/mol. The lowest BCUT2D eigenvalue weighted by Gasteiger charge is -2.31. The summed E-state index contributed by atoms with van der Waals surface area (Å²) in [4.78, 5) is 6.64. The Hall–Kier alpha value is -1.85. The smallest absolute Gasteiger partial charge is 0.130 e. The third-order valence-electron chi connectivity index (χ3n) is 4.27. The van der Waals surface area contributed by atoms with E-state index in [2.05, 4.69) is 15.2 Å². The van der Waals surface area contributed by atoms with Crippen molar-refractivity contribution in [3.05, 3.63) is 65.5 Å². The van der Waals surface area contributed by atoms with E-state index in [9.17, 15) is 8.78 Å². The Kier molecular flexibility index (Phi) is 5.31. The van der Waals surface area contributed by atoms with Crippen LogP contribution in [0.1, 0.15) is 23.7 Å². The van der Waals surface area contributed by atoms with Gasteiger partial charge in [-0.1, -0.05) is 12.1 Å². The summed E-state index contributed by atoms with van der Waals surface area (Å²) in [5, 5.41) is 3.36. The van der Waals surface area contributed by atoms with Crippen molar-refractivity contribution in [1.82, 2.24) is 15.2 Å². The summed E-state index contributed by atoms with van der Waals surface area (Å²) in [6, 6.07) is 9.49. The van der Waals surface area contributed by atoms with Crippen molar-refractivity contribution in [2.45, 2.75) is 18.9 Å². The second kappa shape index (κ2) is 7.62. The normalized spacial score (nSPS) is 17.7. The average Bonchev–Trinajstić information content (AvgIpc) is 2.83. The van der Waals surface area contributed by atoms with Gasteiger partial charge in [-0.3, -0.25) is 9.88 Å². The molecule has 1 aromatic heterocycles. The number of nitrogens with one attached hydrogen (secondary N) is 1. The molecule has 1 atom stereocenters. The fourth-order valence-electron chi connectivity index (χ4n) is 3.10. The molecule has 0 bridgehead atoms. The molecule has 1 aliphatic rings. The summed E-state index contributed by atoms with van der Waals surface area (Å²) >= 11 is 0. The standard InChI is InChI=1S/C18H21F2N3/c19-14-5-6-16(17(20)12-14)18(13-15-4-1-2-8-22-15)23-10-3-7-21-9-11-23/h1-2,4-6,8,12,18,21H,3,7,9-11,13H2. The third-order valence-corrected chi connectivity index (χ3v) is 4.27. The van der Waals surface area contributed by atoms with E-state index >= 15 is 0 Å². The molecule has 2 heterocycles. The van der Waals surface area contributed by atoms with Crippen LogP contribution in [0.3, 0.4) is 0 Å². The molecule has 0 amide bonds. The number of hydrogen-bond acceptors (Lipinski definition) is 3. The zero-order valence-electron chi connectivity index (χ0n) is 13.0. The van der Waals surface area contributed by atoms with E-state index in [1.807, 2.05) is 18.2 Å². The quantitative estimate of drug-likeness (QED) is 0.940. The lowest BCUT2D eigenvalue weighted by molar-refractivity contribution is 0.203. The van der Waals surface area contributed by atoms with Crippen LogP contribution in [0.4, 0.5) is 8.78 Å². The van der Waals surface area contributed by atoms with E-state index < -0.39 is 11.6 Å². The molecule has 2 aromatic rings. The maximum Gasteiger partial charge on any atom is 0.130 e. The number of nitrogens with zero attached hydrogens (tertiary/aromatic N) is 2. The fourth-order valence-corrected chi connectivity index (χ4v) is 3.10. The molecule has 1 fully saturated rings. The highest BCUT2D eigenvalue weighted by atomic mass is 19.1. The van der Waals surface area contributed by atoms with Crippen LogP contribution in [0.15, 0.2) is 42.6 Å². The number of rotatable bonds is 4. The van der Waals surface area contributed by atoms with Crippen LogP contribution >= 0.6 is 0 Å². The van der Waals surface area contributed by atoms with E-state index in [-0.39, 0.29) is 6.04 Å². The van der Waals surface area contributed by atoms with E-state index in [1.54, 1.807) is 12.3 Å². The minimum absolute atomic E-state index is 0.134. The summed E-state index contributed by atoms with van der Waals surface area (Å²) in [6.07, 6.45) is 3.38. The Morgan fingerprint density at radius 3 is 2.83 bits per heavy atom. The number of halogens is 2. The van der Waals surface area contributed by atoms with E-state index in [0.717, 1.165) is 44.4 Å². The molecule has 122 valence electrons. The zero-order valence-corrected chi connectivity index (χ0v) is 13.0. The number of hydrogen-bond donors (Lipinski definition) is 1. The van der Waals surface area contributed by atoms with Gasteiger partial charge in [0.05, 0.1) is 0 Å². The van der Waals surface area contributed by atoms with Crippen molar-refractivity contribution in [1.29, 1.82) is 0 Å². The number of pyridine rings is 1. The van der Waals surface area contributed by atoms with Gasteiger partial charge in [0.2, 0.25) is 0 Å². The molecular formula is C18H21F2N3. The van der Waals surface area contributed by atoms with Crippen molar-refractivity contribution in [3.63, 3.8) is 0 Å². The van der Waals surface area contributed by atoms with Crippen LogP contribution < -0.4 is 5.32 Å². The van der Waals surface area contributed by atoms with E-state index in [1.165, 1.54) is 6.07 Å². The molecule has 5 heteroatoms. The fraction of sp³-hybridized carbons (Fsp3) is 0.389. The topological polar surface area (TPSA) is 28.2 Å². The zero-order chi connectivity index (χ0) is 16.1. The van der Waals surface area contributed by atoms with Crippen LogP contribution in [-0.4, -0.2) is 36.1 Å². The molecule has 0 saturated carbocycles. The maximum atomic E-state index is 14.4. The molecule has 0 spiro atoms. The summed E-state index contributed by atoms with van der Waals surface area (Å²) in [7, 11) is 0. The molecule has 0 aliphatic carbocycles. The second-order valence-corrected chi connectivity index (χ2v) is 5.85. The van der Waals surface area contributed by atoms with E-state index in [0.29, 0.717) is 12.0 Å². The van der Waals surface area contributed by atoms with Crippen LogP contribution in [0.25, 0.3) is 0 Å². The van der Waals surface area contributed by atoms with Gasteiger partial charge in [-0.05, 0) is 31.2 Å². The van der Waals surface area contributed by atoms with Crippen molar-refractivity contribution in [2.24, 2.45) is 0 Å². The van der Waals surface area contributed by atoms with Crippen LogP contribution in [0.5, 0.6) is 0 Å². The van der Waals surface area contributed by atoms with Gasteiger partial charge in [-0.2, -0.15) is 0 Å². The highest BCUT2D eigenvalue weighted by molar-refractivity contribution is 5.24. The van der Waals surface area contributed by atoms with Crippen LogP contribution in [-0.2, 0) is 6.42 Å². The minimum atomic E-state index is -0.541. The first-order chi connectivity index (χ1) is 11.2. The highest BCUT2D eigenvalue weighted by Crippen LogP contribution is 2.27. The van der Waals surface area contributed by atoms with Gasteiger partial charge in [0.15, 0.2) is 0 Å². The molecule has 3 nitrogen and oxygen atoms in total. The second-order valence-electron chi connectivity index (χ2n) is 5.85. The van der Waals surface area contributed by atoms with Gasteiger partial charge in [0, 0.05) is 55.6 Å². The van der Waals surface area contributed by atoms with Gasteiger partial charge in [0.1, 0.15) is 11.6 Å². The largest absolute Gasteiger partial charge is 0.315 e. The third kappa shape index (κ3) is 4.12. The molecule has 1 N–H and O–H groups in total. The number of aromatic nitrogens is 1. The summed E-state index contributed by atoms with van der Waals surface area (Å²) < 4.78 is 27.6. The summed E-state index contributed by atoms with van der Waals surface area (Å²) in [6.45, 7) is 3.58. The van der Waals surface area contributed by atoms with Crippen molar-refractivity contribution < 1.29 is 8.78 Å².